The van der Waals surface area contributed by atoms with E-state index in [1.54, 1.807) is 0 Å². The summed E-state index contributed by atoms with van der Waals surface area (Å²) in [5.41, 5.74) is -0.480. The van der Waals surface area contributed by atoms with Crippen LogP contribution in [-0.2, 0) is 38.6 Å². The number of rotatable bonds is 11. The Hall–Kier alpha value is -1.66. The van der Waals surface area contributed by atoms with E-state index in [9.17, 15) is 9.18 Å². The van der Waals surface area contributed by atoms with Crippen molar-refractivity contribution in [2.24, 2.45) is 0 Å². The van der Waals surface area contributed by atoms with Gasteiger partial charge in [0.1, 0.15) is 24.2 Å². The summed E-state index contributed by atoms with van der Waals surface area (Å²) in [7, 11) is -1.70. The quantitative estimate of drug-likeness (QED) is 0.184. The molecule has 0 spiro atoms. The van der Waals surface area contributed by atoms with E-state index >= 15 is 0 Å². The second-order valence-electron chi connectivity index (χ2n) is 9.42. The van der Waals surface area contributed by atoms with Crippen LogP contribution in [0, 0.1) is 17.1 Å². The number of nitrogens with one attached hydrogen (secondary N) is 1. The summed E-state index contributed by atoms with van der Waals surface area (Å²) < 4.78 is 49.4. The Kier molecular flexibility index (Phi) is 10.1. The third-order valence-electron chi connectivity index (χ3n) is 5.95. The third-order valence-corrected chi connectivity index (χ3v) is 9.50. The van der Waals surface area contributed by atoms with Gasteiger partial charge in [-0.2, -0.15) is 10.1 Å². The standard InChI is InChI=1S/C23H33FN5O7PS/c1-6-10-38-35-19-17(12-31-36-38)33-23(28-11-16(24)18-21(28)26-13-27-22(18)30)20(19)34-37(32-9-7-8-25)29(14(2)3)15(4)5/h11,13-15,17,19-20,23H,6-7,9-10,12H2,1-5H3/p+1/t17?,19-,20-,23-,37?,38?/m1/s1. The van der Waals surface area contributed by atoms with Crippen LogP contribution >= 0.6 is 8.53 Å². The Labute approximate surface area is 224 Å². The number of halogens is 1. The first kappa shape index (κ1) is 29.3. The molecular formula is C23H34FN5O7PS+. The summed E-state index contributed by atoms with van der Waals surface area (Å²) in [5, 5.41) is 8.91. The Balaban J connectivity index is 1.76. The maximum atomic E-state index is 14.9. The number of hydrogen-bond acceptors (Lipinski definition) is 10. The van der Waals surface area contributed by atoms with Crippen LogP contribution in [0.1, 0.15) is 53.7 Å². The minimum absolute atomic E-state index is 0.0567. The molecule has 0 aromatic carbocycles. The average Bonchev–Trinajstić information content (AvgIpc) is 3.28. The van der Waals surface area contributed by atoms with Crippen LogP contribution in [0.3, 0.4) is 0 Å². The lowest BCUT2D eigenvalue weighted by atomic mass is 10.1. The molecule has 2 aliphatic heterocycles. The van der Waals surface area contributed by atoms with Crippen LogP contribution in [-0.4, -0.2) is 68.6 Å². The van der Waals surface area contributed by atoms with Gasteiger partial charge in [0.15, 0.2) is 29.5 Å². The smallest absolute Gasteiger partial charge is 0.346 e. The Morgan fingerprint density at radius 1 is 1.39 bits per heavy atom. The van der Waals surface area contributed by atoms with Gasteiger partial charge >= 0.3 is 11.5 Å². The van der Waals surface area contributed by atoms with Gasteiger partial charge in [-0.3, -0.25) is 4.79 Å². The predicted molar refractivity (Wildman–Crippen MR) is 139 cm³/mol. The molecule has 2 saturated heterocycles. The average molecular weight is 575 g/mol. The van der Waals surface area contributed by atoms with E-state index < -0.39 is 55.9 Å². The Morgan fingerprint density at radius 2 is 2.16 bits per heavy atom. The zero-order valence-electron chi connectivity index (χ0n) is 22.0. The first-order valence-electron chi connectivity index (χ1n) is 12.6. The van der Waals surface area contributed by atoms with Gasteiger partial charge in [-0.25, -0.2) is 14.0 Å². The normalized spacial score (nSPS) is 26.7. The second kappa shape index (κ2) is 13.1. The van der Waals surface area contributed by atoms with Crippen LogP contribution in [0.15, 0.2) is 17.3 Å². The van der Waals surface area contributed by atoms with Gasteiger partial charge in [0, 0.05) is 22.6 Å². The van der Waals surface area contributed by atoms with E-state index in [0.717, 1.165) is 6.42 Å². The fourth-order valence-electron chi connectivity index (χ4n) is 4.47. The molecule has 0 radical (unpaired) electrons. The van der Waals surface area contributed by atoms with Crippen LogP contribution in [0.2, 0.25) is 0 Å². The van der Waals surface area contributed by atoms with Crippen molar-refractivity contribution < 1.29 is 31.6 Å². The highest BCUT2D eigenvalue weighted by atomic mass is 32.2. The van der Waals surface area contributed by atoms with E-state index in [4.69, 9.17) is 32.5 Å². The summed E-state index contributed by atoms with van der Waals surface area (Å²) >= 11 is -0.967. The number of hydrogen-bond donors (Lipinski definition) is 1. The molecule has 0 amide bonds. The van der Waals surface area contributed by atoms with Gasteiger partial charge in [0.05, 0.1) is 25.4 Å². The topological polar surface area (TPSA) is 133 Å². The maximum absolute atomic E-state index is 14.9. The van der Waals surface area contributed by atoms with Crippen molar-refractivity contribution in [3.05, 3.63) is 28.7 Å². The van der Waals surface area contributed by atoms with Crippen LogP contribution < -0.4 is 5.56 Å². The van der Waals surface area contributed by atoms with Crippen molar-refractivity contribution >= 4 is 31.0 Å². The Bertz CT molecular complexity index is 1170. The molecule has 15 heteroatoms. The minimum Gasteiger partial charge on any atom is -0.346 e. The summed E-state index contributed by atoms with van der Waals surface area (Å²) in [5.74, 6) is -0.121. The molecule has 0 bridgehead atoms. The number of aromatic nitrogens is 3. The van der Waals surface area contributed by atoms with Gasteiger partial charge in [-0.05, 0) is 34.1 Å². The number of nitriles is 1. The number of fused-ring (bicyclic) bond motifs is 2. The summed E-state index contributed by atoms with van der Waals surface area (Å²) in [6.07, 6.45) is 0.429. The summed E-state index contributed by atoms with van der Waals surface area (Å²) in [6.45, 7) is 10.4. The van der Waals surface area contributed by atoms with E-state index in [1.165, 1.54) is 17.1 Å². The van der Waals surface area contributed by atoms with Crippen molar-refractivity contribution in [3.8, 4) is 6.07 Å². The molecule has 2 aromatic heterocycles. The van der Waals surface area contributed by atoms with E-state index in [0.29, 0.717) is 5.75 Å². The van der Waals surface area contributed by atoms with E-state index in [2.05, 4.69) is 20.7 Å². The highest BCUT2D eigenvalue weighted by Crippen LogP contribution is 2.51. The first-order valence-corrected chi connectivity index (χ1v) is 15.0. The van der Waals surface area contributed by atoms with E-state index in [-0.39, 0.29) is 42.8 Å². The zero-order chi connectivity index (χ0) is 27.4. The molecule has 2 aliphatic rings. The molecule has 0 saturated carbocycles. The zero-order valence-corrected chi connectivity index (χ0v) is 23.7. The summed E-state index contributed by atoms with van der Waals surface area (Å²) in [6, 6.07) is 2.21. The van der Waals surface area contributed by atoms with Crippen LogP contribution in [0.25, 0.3) is 11.0 Å². The molecule has 6 atom stereocenters. The lowest BCUT2D eigenvalue weighted by molar-refractivity contribution is -0.216. The molecule has 38 heavy (non-hydrogen) atoms. The van der Waals surface area contributed by atoms with Gasteiger partial charge in [-0.15, -0.1) is 4.18 Å². The maximum Gasteiger partial charge on any atom is 0.351 e. The lowest BCUT2D eigenvalue weighted by Gasteiger charge is -2.37. The van der Waals surface area contributed by atoms with Gasteiger partial charge < -0.3 is 23.3 Å². The van der Waals surface area contributed by atoms with Crippen molar-refractivity contribution in [1.82, 2.24) is 19.2 Å². The predicted octanol–water partition coefficient (Wildman–Crippen LogP) is 3.63. The number of H-pyrrole nitrogens is 1. The van der Waals surface area contributed by atoms with E-state index in [1.807, 2.05) is 34.6 Å². The number of aromatic amines is 1. The molecule has 2 aromatic rings. The van der Waals surface area contributed by atoms with Crippen LogP contribution in [0.5, 0.6) is 0 Å². The molecule has 3 unspecified atom stereocenters. The molecule has 12 nitrogen and oxygen atoms in total. The largest absolute Gasteiger partial charge is 0.351 e. The minimum atomic E-state index is -1.70. The lowest BCUT2D eigenvalue weighted by Crippen LogP contribution is -2.40. The monoisotopic (exact) mass is 574 g/mol. The number of nitrogens with zero attached hydrogens (tertiary/aromatic N) is 4. The molecule has 4 rings (SSSR count). The molecule has 1 N–H and O–H groups in total. The van der Waals surface area contributed by atoms with Crippen molar-refractivity contribution in [2.45, 2.75) is 84.1 Å². The highest BCUT2D eigenvalue weighted by Gasteiger charge is 2.56. The molecule has 4 heterocycles. The fourth-order valence-corrected chi connectivity index (χ4v) is 7.38. The fraction of sp³-hybridized carbons (Fsp3) is 0.696. The van der Waals surface area contributed by atoms with Crippen molar-refractivity contribution in [1.29, 1.82) is 5.26 Å². The third kappa shape index (κ3) is 6.22. The number of ether oxygens (including phenoxy) is 1. The molecule has 2 fully saturated rings. The van der Waals surface area contributed by atoms with Gasteiger partial charge in [0.25, 0.3) is 14.1 Å². The van der Waals surface area contributed by atoms with Gasteiger partial charge in [0.2, 0.25) is 0 Å². The molecule has 210 valence electrons. The second-order valence-corrected chi connectivity index (χ2v) is 12.2. The summed E-state index contributed by atoms with van der Waals surface area (Å²) in [4.78, 5) is 24.4. The SMILES string of the molecule is CCC[S+]1OOCC2O[C@@H](n3cc(F)c4c(=O)[nH]cnc43)[C@H](OP(OCCC#N)N(C(C)C)C(C)C)[C@@H]2O1. The molecule has 0 aliphatic carbocycles. The van der Waals surface area contributed by atoms with Gasteiger partial charge in [-0.1, -0.05) is 6.92 Å². The molecular weight excluding hydrogens is 540 g/mol. The highest BCUT2D eigenvalue weighted by molar-refractivity contribution is 7.87. The Morgan fingerprint density at radius 3 is 2.84 bits per heavy atom. The van der Waals surface area contributed by atoms with Crippen molar-refractivity contribution in [2.75, 3.05) is 19.0 Å². The first-order chi connectivity index (χ1) is 18.3. The van der Waals surface area contributed by atoms with Crippen LogP contribution in [0.4, 0.5) is 4.39 Å². The van der Waals surface area contributed by atoms with Crippen molar-refractivity contribution in [3.63, 3.8) is 0 Å².